The molecule has 4 fully saturated rings. The number of carbonyl (C=O) groups excluding carboxylic acids is 1. The Balaban J connectivity index is 1.50. The molecule has 0 aliphatic heterocycles. The van der Waals surface area contributed by atoms with Crippen molar-refractivity contribution in [3.63, 3.8) is 0 Å². The Bertz CT molecular complexity index is 673. The fourth-order valence-electron chi connectivity index (χ4n) is 9.67. The van der Waals surface area contributed by atoms with E-state index in [0.29, 0.717) is 17.3 Å². The van der Waals surface area contributed by atoms with Crippen molar-refractivity contribution in [2.45, 2.75) is 124 Å². The van der Waals surface area contributed by atoms with Crippen molar-refractivity contribution in [2.75, 3.05) is 0 Å². The number of fused-ring (bicyclic) bond motifs is 5. The standard InChI is InChI=1S/C29H50O3/c1-18(2)8-7-9-19(3)23-13-14-24-22-12-10-21-11-15-26(32-20(4)30)27(31)29(21,6)25(22)16-17-28(23,24)5/h18-19,21-27,31H,7-17H2,1-6H3/t19-,21+,22-,23-,24+,25-,26-,27+,28+,29-/m1/s1. The predicted molar refractivity (Wildman–Crippen MR) is 130 cm³/mol. The second-order valence-corrected chi connectivity index (χ2v) is 13.2. The van der Waals surface area contributed by atoms with Crippen LogP contribution in [0.15, 0.2) is 0 Å². The average Bonchev–Trinajstić information content (AvgIpc) is 3.07. The SMILES string of the molecule is CC(=O)O[C@@H]1CC[C@@H]2CC[C@H]3[C@@H](CC[C@@]4(C)[C@@H]([C@H](C)CCCC(C)C)CC[C@@H]34)[C@]2(C)[C@H]1O. The number of hydrogen-bond donors (Lipinski definition) is 1. The van der Waals surface area contributed by atoms with Crippen molar-refractivity contribution in [3.8, 4) is 0 Å². The molecule has 0 heterocycles. The Labute approximate surface area is 197 Å². The van der Waals surface area contributed by atoms with Crippen molar-refractivity contribution in [3.05, 3.63) is 0 Å². The first-order chi connectivity index (χ1) is 15.1. The van der Waals surface area contributed by atoms with Crippen LogP contribution in [0.2, 0.25) is 0 Å². The fraction of sp³-hybridized carbons (Fsp3) is 0.966. The van der Waals surface area contributed by atoms with Crippen LogP contribution in [-0.4, -0.2) is 23.3 Å². The summed E-state index contributed by atoms with van der Waals surface area (Å²) in [7, 11) is 0. The second-order valence-electron chi connectivity index (χ2n) is 13.2. The van der Waals surface area contributed by atoms with Crippen LogP contribution in [0, 0.1) is 52.3 Å². The van der Waals surface area contributed by atoms with Crippen LogP contribution < -0.4 is 0 Å². The predicted octanol–water partition coefficient (Wildman–Crippen LogP) is 7.01. The molecule has 32 heavy (non-hydrogen) atoms. The van der Waals surface area contributed by atoms with Gasteiger partial charge in [-0.05, 0) is 98.2 Å². The Morgan fingerprint density at radius 2 is 1.69 bits per heavy atom. The number of aliphatic hydroxyl groups excluding tert-OH is 1. The lowest BCUT2D eigenvalue weighted by Crippen LogP contribution is -2.61. The number of aliphatic hydroxyl groups is 1. The molecule has 0 amide bonds. The summed E-state index contributed by atoms with van der Waals surface area (Å²) in [5.74, 6) is 5.01. The molecule has 4 rings (SSSR count). The maximum absolute atomic E-state index is 11.7. The second kappa shape index (κ2) is 9.23. The Kier molecular flexibility index (Phi) is 7.08. The Hall–Kier alpha value is -0.570. The van der Waals surface area contributed by atoms with Gasteiger partial charge in [-0.15, -0.1) is 0 Å². The van der Waals surface area contributed by atoms with Gasteiger partial charge in [0, 0.05) is 12.3 Å². The molecule has 0 aromatic heterocycles. The molecule has 3 heteroatoms. The summed E-state index contributed by atoms with van der Waals surface area (Å²) in [6.45, 7) is 13.7. The summed E-state index contributed by atoms with van der Waals surface area (Å²) in [6.07, 6.45) is 13.2. The highest BCUT2D eigenvalue weighted by Crippen LogP contribution is 2.68. The Morgan fingerprint density at radius 3 is 2.38 bits per heavy atom. The van der Waals surface area contributed by atoms with Gasteiger partial charge in [0.2, 0.25) is 0 Å². The van der Waals surface area contributed by atoms with Crippen LogP contribution in [-0.2, 0) is 9.53 Å². The molecule has 4 aliphatic carbocycles. The molecule has 0 aromatic rings. The summed E-state index contributed by atoms with van der Waals surface area (Å²) in [6, 6.07) is 0. The lowest BCUT2D eigenvalue weighted by atomic mass is 9.43. The fourth-order valence-corrected chi connectivity index (χ4v) is 9.67. The highest BCUT2D eigenvalue weighted by molar-refractivity contribution is 5.66. The summed E-state index contributed by atoms with van der Waals surface area (Å²) >= 11 is 0. The van der Waals surface area contributed by atoms with Crippen LogP contribution in [0.5, 0.6) is 0 Å². The highest BCUT2D eigenvalue weighted by Gasteiger charge is 2.63. The monoisotopic (exact) mass is 446 g/mol. The van der Waals surface area contributed by atoms with Crippen molar-refractivity contribution in [1.29, 1.82) is 0 Å². The zero-order valence-electron chi connectivity index (χ0n) is 21.7. The third-order valence-corrected chi connectivity index (χ3v) is 11.3. The van der Waals surface area contributed by atoms with E-state index in [1.54, 1.807) is 0 Å². The zero-order chi connectivity index (χ0) is 23.3. The van der Waals surface area contributed by atoms with E-state index in [1.807, 2.05) is 0 Å². The minimum Gasteiger partial charge on any atom is -0.460 e. The summed E-state index contributed by atoms with van der Waals surface area (Å²) < 4.78 is 5.62. The van der Waals surface area contributed by atoms with E-state index in [4.69, 9.17) is 4.74 Å². The van der Waals surface area contributed by atoms with E-state index < -0.39 is 6.10 Å². The van der Waals surface area contributed by atoms with Crippen LogP contribution in [0.25, 0.3) is 0 Å². The molecule has 0 radical (unpaired) electrons. The minimum absolute atomic E-state index is 0.0937. The average molecular weight is 447 g/mol. The van der Waals surface area contributed by atoms with Gasteiger partial charge in [0.25, 0.3) is 0 Å². The molecule has 0 spiro atoms. The largest absolute Gasteiger partial charge is 0.460 e. The van der Waals surface area contributed by atoms with Gasteiger partial charge in [-0.2, -0.15) is 0 Å². The quantitative estimate of drug-likeness (QED) is 0.446. The maximum Gasteiger partial charge on any atom is 0.302 e. The van der Waals surface area contributed by atoms with Crippen molar-refractivity contribution >= 4 is 5.97 Å². The molecule has 0 saturated heterocycles. The molecule has 1 N–H and O–H groups in total. The third kappa shape index (κ3) is 4.07. The number of rotatable bonds is 6. The third-order valence-electron chi connectivity index (χ3n) is 11.3. The molecule has 10 atom stereocenters. The maximum atomic E-state index is 11.7. The first kappa shape index (κ1) is 24.6. The van der Waals surface area contributed by atoms with Crippen LogP contribution in [0.1, 0.15) is 112 Å². The van der Waals surface area contributed by atoms with E-state index in [1.165, 1.54) is 64.7 Å². The van der Waals surface area contributed by atoms with Gasteiger partial charge in [-0.25, -0.2) is 0 Å². The summed E-state index contributed by atoms with van der Waals surface area (Å²) in [5.41, 5.74) is 0.389. The van der Waals surface area contributed by atoms with Crippen LogP contribution in [0.3, 0.4) is 0 Å². The normalized spacial score (nSPS) is 46.8. The number of esters is 1. The molecule has 0 unspecified atom stereocenters. The smallest absolute Gasteiger partial charge is 0.302 e. The molecule has 184 valence electrons. The van der Waals surface area contributed by atoms with Crippen LogP contribution >= 0.6 is 0 Å². The molecular formula is C29H50O3. The number of carbonyl (C=O) groups is 1. The van der Waals surface area contributed by atoms with E-state index in [0.717, 1.165) is 42.4 Å². The Morgan fingerprint density at radius 1 is 0.969 bits per heavy atom. The van der Waals surface area contributed by atoms with E-state index in [9.17, 15) is 9.90 Å². The van der Waals surface area contributed by atoms with Gasteiger partial charge >= 0.3 is 5.97 Å². The molecule has 4 saturated carbocycles. The highest BCUT2D eigenvalue weighted by atomic mass is 16.6. The molecule has 4 aliphatic rings. The van der Waals surface area contributed by atoms with Crippen molar-refractivity contribution < 1.29 is 14.6 Å². The topological polar surface area (TPSA) is 46.5 Å². The molecule has 0 bridgehead atoms. The molecule has 3 nitrogen and oxygen atoms in total. The number of hydrogen-bond acceptors (Lipinski definition) is 3. The van der Waals surface area contributed by atoms with Gasteiger partial charge in [0.1, 0.15) is 6.10 Å². The van der Waals surface area contributed by atoms with Gasteiger partial charge < -0.3 is 9.84 Å². The minimum atomic E-state index is -0.505. The summed E-state index contributed by atoms with van der Waals surface area (Å²) in [4.78, 5) is 11.7. The van der Waals surface area contributed by atoms with Gasteiger partial charge in [-0.3, -0.25) is 4.79 Å². The number of ether oxygens (including phenoxy) is 1. The van der Waals surface area contributed by atoms with Crippen molar-refractivity contribution in [1.82, 2.24) is 0 Å². The lowest BCUT2D eigenvalue weighted by molar-refractivity contribution is -0.207. The van der Waals surface area contributed by atoms with Crippen molar-refractivity contribution in [2.24, 2.45) is 52.3 Å². The zero-order valence-corrected chi connectivity index (χ0v) is 21.7. The van der Waals surface area contributed by atoms with Gasteiger partial charge in [-0.1, -0.05) is 53.9 Å². The van der Waals surface area contributed by atoms with Gasteiger partial charge in [0.05, 0.1) is 6.10 Å². The summed E-state index contributed by atoms with van der Waals surface area (Å²) in [5, 5.41) is 11.5. The van der Waals surface area contributed by atoms with Gasteiger partial charge in [0.15, 0.2) is 0 Å². The lowest BCUT2D eigenvalue weighted by Gasteiger charge is -2.62. The molecular weight excluding hydrogens is 396 g/mol. The first-order valence-corrected chi connectivity index (χ1v) is 13.9. The van der Waals surface area contributed by atoms with E-state index >= 15 is 0 Å². The van der Waals surface area contributed by atoms with E-state index in [-0.39, 0.29) is 17.5 Å². The first-order valence-electron chi connectivity index (χ1n) is 13.9. The van der Waals surface area contributed by atoms with E-state index in [2.05, 4.69) is 34.6 Å². The molecule has 0 aromatic carbocycles. The van der Waals surface area contributed by atoms with Crippen LogP contribution in [0.4, 0.5) is 0 Å².